The van der Waals surface area contributed by atoms with E-state index in [1.807, 2.05) is 22.8 Å². The number of benzene rings is 1. The number of imidazole rings is 1. The molecular weight excluding hydrogens is 264 g/mol. The molecule has 2 rings (SSSR count). The quantitative estimate of drug-likeness (QED) is 0.874. The van der Waals surface area contributed by atoms with E-state index < -0.39 is 10.8 Å². The molecule has 6 heteroatoms. The van der Waals surface area contributed by atoms with Gasteiger partial charge in [-0.25, -0.2) is 0 Å². The first-order chi connectivity index (χ1) is 7.59. The zero-order valence-corrected chi connectivity index (χ0v) is 11.1. The molecular formula is C10H11ClN2OS2. The molecule has 86 valence electrons. The van der Waals surface area contributed by atoms with Crippen LogP contribution in [0, 0.1) is 4.77 Å². The van der Waals surface area contributed by atoms with Gasteiger partial charge >= 0.3 is 0 Å². The third-order valence-electron chi connectivity index (χ3n) is 2.35. The van der Waals surface area contributed by atoms with Gasteiger partial charge in [-0.15, -0.1) is 0 Å². The Morgan fingerprint density at radius 2 is 2.31 bits per heavy atom. The van der Waals surface area contributed by atoms with Crippen LogP contribution in [0.5, 0.6) is 0 Å². The summed E-state index contributed by atoms with van der Waals surface area (Å²) in [5.74, 6) is 0.576. The van der Waals surface area contributed by atoms with Gasteiger partial charge < -0.3 is 9.55 Å². The van der Waals surface area contributed by atoms with Crippen LogP contribution in [0.2, 0.25) is 5.02 Å². The molecule has 1 aromatic carbocycles. The maximum atomic E-state index is 11.1. The van der Waals surface area contributed by atoms with Crippen molar-refractivity contribution in [1.29, 1.82) is 0 Å². The average Bonchev–Trinajstić information content (AvgIpc) is 2.52. The zero-order valence-electron chi connectivity index (χ0n) is 8.70. The van der Waals surface area contributed by atoms with Crippen LogP contribution in [0.25, 0.3) is 11.0 Å². The van der Waals surface area contributed by atoms with Crippen molar-refractivity contribution in [2.45, 2.75) is 6.54 Å². The summed E-state index contributed by atoms with van der Waals surface area (Å²) in [5, 5.41) is 0.659. The van der Waals surface area contributed by atoms with Crippen LogP contribution in [0.3, 0.4) is 0 Å². The summed E-state index contributed by atoms with van der Waals surface area (Å²) in [7, 11) is -0.832. The highest BCUT2D eigenvalue weighted by atomic mass is 35.5. The molecule has 1 unspecified atom stereocenters. The van der Waals surface area contributed by atoms with Crippen LogP contribution >= 0.6 is 23.8 Å². The van der Waals surface area contributed by atoms with E-state index in [9.17, 15) is 4.21 Å². The SMILES string of the molecule is CS(=O)CCn1c(=S)[nH]c2cccc(Cl)c21. The summed E-state index contributed by atoms with van der Waals surface area (Å²) in [6.45, 7) is 0.617. The minimum absolute atomic E-state index is 0.576. The molecule has 1 atom stereocenters. The van der Waals surface area contributed by atoms with Crippen LogP contribution in [0.1, 0.15) is 0 Å². The fraction of sp³-hybridized carbons (Fsp3) is 0.300. The summed E-state index contributed by atoms with van der Waals surface area (Å²) in [6.07, 6.45) is 1.68. The van der Waals surface area contributed by atoms with Gasteiger partial charge in [-0.1, -0.05) is 17.7 Å². The number of para-hydroxylation sites is 1. The highest BCUT2D eigenvalue weighted by Crippen LogP contribution is 2.23. The molecule has 0 fully saturated rings. The van der Waals surface area contributed by atoms with Gasteiger partial charge in [0.2, 0.25) is 0 Å². The first-order valence-corrected chi connectivity index (χ1v) is 7.28. The second kappa shape index (κ2) is 4.69. The number of nitrogens with zero attached hydrogens (tertiary/aromatic N) is 1. The second-order valence-corrected chi connectivity index (χ2v) is 5.84. The summed E-state index contributed by atoms with van der Waals surface area (Å²) < 4.78 is 13.6. The average molecular weight is 275 g/mol. The van der Waals surface area contributed by atoms with Crippen LogP contribution < -0.4 is 0 Å². The Morgan fingerprint density at radius 1 is 1.56 bits per heavy atom. The molecule has 0 radical (unpaired) electrons. The van der Waals surface area contributed by atoms with Gasteiger partial charge in [-0.3, -0.25) is 4.21 Å². The van der Waals surface area contributed by atoms with Crippen molar-refractivity contribution in [3.05, 3.63) is 28.0 Å². The third-order valence-corrected chi connectivity index (χ3v) is 3.73. The number of aryl methyl sites for hydroxylation is 1. The second-order valence-electron chi connectivity index (χ2n) is 3.50. The number of H-pyrrole nitrogens is 1. The summed E-state index contributed by atoms with van der Waals surface area (Å²) >= 11 is 11.3. The third kappa shape index (κ3) is 2.21. The van der Waals surface area contributed by atoms with E-state index in [1.165, 1.54) is 0 Å². The molecule has 1 aromatic heterocycles. The molecule has 0 saturated heterocycles. The number of rotatable bonds is 3. The maximum absolute atomic E-state index is 11.1. The molecule has 0 amide bonds. The number of halogens is 1. The van der Waals surface area contributed by atoms with E-state index >= 15 is 0 Å². The van der Waals surface area contributed by atoms with E-state index in [4.69, 9.17) is 23.8 Å². The van der Waals surface area contributed by atoms with E-state index in [0.717, 1.165) is 11.0 Å². The fourth-order valence-electron chi connectivity index (χ4n) is 1.61. The van der Waals surface area contributed by atoms with Crippen LogP contribution in [-0.4, -0.2) is 25.8 Å². The molecule has 16 heavy (non-hydrogen) atoms. The van der Waals surface area contributed by atoms with Gasteiger partial charge in [-0.05, 0) is 24.4 Å². The smallest absolute Gasteiger partial charge is 0.178 e. The number of nitrogens with one attached hydrogen (secondary N) is 1. The summed E-state index contributed by atoms with van der Waals surface area (Å²) in [6, 6.07) is 5.63. The van der Waals surface area contributed by atoms with Crippen LogP contribution in [0.15, 0.2) is 18.2 Å². The molecule has 1 N–H and O–H groups in total. The highest BCUT2D eigenvalue weighted by molar-refractivity contribution is 7.84. The van der Waals surface area contributed by atoms with E-state index in [2.05, 4.69) is 4.98 Å². The van der Waals surface area contributed by atoms with Crippen molar-refractivity contribution < 1.29 is 4.21 Å². The molecule has 3 nitrogen and oxygen atoms in total. The number of aromatic nitrogens is 2. The molecule has 0 bridgehead atoms. The zero-order chi connectivity index (χ0) is 11.7. The van der Waals surface area contributed by atoms with Gasteiger partial charge in [0.15, 0.2) is 4.77 Å². The fourth-order valence-corrected chi connectivity index (χ4v) is 2.62. The first kappa shape index (κ1) is 11.8. The summed E-state index contributed by atoms with van der Waals surface area (Å²) in [5.41, 5.74) is 1.80. The van der Waals surface area contributed by atoms with Crippen molar-refractivity contribution in [3.8, 4) is 0 Å². The molecule has 0 spiro atoms. The molecule has 0 aliphatic heterocycles. The van der Waals surface area contributed by atoms with Gasteiger partial charge in [0.25, 0.3) is 0 Å². The Morgan fingerprint density at radius 3 is 3.00 bits per heavy atom. The van der Waals surface area contributed by atoms with Crippen LogP contribution in [0.4, 0.5) is 0 Å². The predicted molar refractivity (Wildman–Crippen MR) is 71.1 cm³/mol. The topological polar surface area (TPSA) is 37.8 Å². The lowest BCUT2D eigenvalue weighted by Crippen LogP contribution is -2.06. The lowest BCUT2D eigenvalue weighted by Gasteiger charge is -2.03. The van der Waals surface area contributed by atoms with Crippen LogP contribution in [-0.2, 0) is 17.3 Å². The number of aromatic amines is 1. The minimum Gasteiger partial charge on any atom is -0.331 e. The highest BCUT2D eigenvalue weighted by Gasteiger charge is 2.07. The number of hydrogen-bond donors (Lipinski definition) is 1. The van der Waals surface area contributed by atoms with Gasteiger partial charge in [0.1, 0.15) is 0 Å². The molecule has 1 heterocycles. The van der Waals surface area contributed by atoms with E-state index in [0.29, 0.717) is 22.1 Å². The monoisotopic (exact) mass is 274 g/mol. The molecule has 0 aliphatic carbocycles. The Hall–Kier alpha value is -0.650. The number of hydrogen-bond acceptors (Lipinski definition) is 2. The largest absolute Gasteiger partial charge is 0.331 e. The molecule has 0 saturated carbocycles. The van der Waals surface area contributed by atoms with E-state index in [-0.39, 0.29) is 0 Å². The summed E-state index contributed by atoms with van der Waals surface area (Å²) in [4.78, 5) is 3.09. The number of fused-ring (bicyclic) bond motifs is 1. The van der Waals surface area contributed by atoms with Crippen molar-refractivity contribution in [3.63, 3.8) is 0 Å². The Kier molecular flexibility index (Phi) is 3.47. The lowest BCUT2D eigenvalue weighted by atomic mass is 10.3. The van der Waals surface area contributed by atoms with Crippen molar-refractivity contribution in [2.75, 3.05) is 12.0 Å². The maximum Gasteiger partial charge on any atom is 0.178 e. The minimum atomic E-state index is -0.832. The standard InChI is InChI=1S/C10H11ClN2OS2/c1-16(14)6-5-13-9-7(11)3-2-4-8(9)12-10(13)15/h2-4H,5-6H2,1H3,(H,12,15). The molecule has 0 aliphatic rings. The normalized spacial score (nSPS) is 13.1. The Bertz CT molecular complexity index is 602. The van der Waals surface area contributed by atoms with Crippen molar-refractivity contribution in [2.24, 2.45) is 0 Å². The van der Waals surface area contributed by atoms with Crippen molar-refractivity contribution >= 4 is 45.7 Å². The van der Waals surface area contributed by atoms with Gasteiger partial charge in [0.05, 0.1) is 16.1 Å². The predicted octanol–water partition coefficient (Wildman–Crippen LogP) is 2.73. The van der Waals surface area contributed by atoms with Gasteiger partial charge in [0, 0.05) is 29.4 Å². The van der Waals surface area contributed by atoms with Crippen molar-refractivity contribution in [1.82, 2.24) is 9.55 Å². The first-order valence-electron chi connectivity index (χ1n) is 4.76. The Labute approximate surface area is 106 Å². The lowest BCUT2D eigenvalue weighted by molar-refractivity contribution is 0.678. The Balaban J connectivity index is 2.55. The van der Waals surface area contributed by atoms with E-state index in [1.54, 1.807) is 6.26 Å². The van der Waals surface area contributed by atoms with Gasteiger partial charge in [-0.2, -0.15) is 0 Å². The molecule has 2 aromatic rings.